The van der Waals surface area contributed by atoms with Gasteiger partial charge in [-0.15, -0.1) is 12.4 Å². The predicted molar refractivity (Wildman–Crippen MR) is 74.9 cm³/mol. The zero-order valence-electron chi connectivity index (χ0n) is 11.1. The highest BCUT2D eigenvalue weighted by Gasteiger charge is 2.38. The Morgan fingerprint density at radius 3 is 2.11 bits per heavy atom. The molecule has 2 aliphatic heterocycles. The largest absolute Gasteiger partial charge is 0.341 e. The first-order chi connectivity index (χ1) is 8.34. The first-order valence-corrected chi connectivity index (χ1v) is 7.37. The molecule has 0 spiro atoms. The molecule has 3 nitrogen and oxygen atoms in total. The van der Waals surface area contributed by atoms with E-state index in [0.29, 0.717) is 5.91 Å². The van der Waals surface area contributed by atoms with Crippen LogP contribution in [0.1, 0.15) is 44.9 Å². The molecule has 0 aromatic carbocycles. The van der Waals surface area contributed by atoms with Crippen molar-refractivity contribution in [3.63, 3.8) is 0 Å². The first kappa shape index (κ1) is 14.1. The van der Waals surface area contributed by atoms with Gasteiger partial charge in [-0.25, -0.2) is 0 Å². The van der Waals surface area contributed by atoms with Crippen LogP contribution in [0.2, 0.25) is 0 Å². The zero-order chi connectivity index (χ0) is 11.7. The Hall–Kier alpha value is -0.280. The van der Waals surface area contributed by atoms with E-state index in [-0.39, 0.29) is 18.4 Å². The molecule has 0 radical (unpaired) electrons. The fourth-order valence-corrected chi connectivity index (χ4v) is 3.87. The molecule has 3 fully saturated rings. The Bertz CT molecular complexity index is 278. The standard InChI is InChI=1S/C14H24N2O.ClH/c17-14(13-7-3-4-8-15-13)16-9-11-5-1-2-6-12(11)10-16;/h11-13,15H,1-10H2;1H/t11?,12?,13-;/m0./s1. The molecule has 1 N–H and O–H groups in total. The molecule has 1 aliphatic carbocycles. The third kappa shape index (κ3) is 2.83. The fourth-order valence-electron chi connectivity index (χ4n) is 3.87. The van der Waals surface area contributed by atoms with Crippen LogP contribution in [-0.2, 0) is 4.79 Å². The number of halogens is 1. The van der Waals surface area contributed by atoms with Crippen LogP contribution in [0, 0.1) is 11.8 Å². The average Bonchev–Trinajstić information content (AvgIpc) is 2.82. The van der Waals surface area contributed by atoms with E-state index in [1.54, 1.807) is 0 Å². The van der Waals surface area contributed by atoms with Gasteiger partial charge in [0.25, 0.3) is 0 Å². The second-order valence-electron chi connectivity index (χ2n) is 6.05. The summed E-state index contributed by atoms with van der Waals surface area (Å²) >= 11 is 0. The van der Waals surface area contributed by atoms with Crippen molar-refractivity contribution in [3.8, 4) is 0 Å². The van der Waals surface area contributed by atoms with E-state index in [0.717, 1.165) is 37.9 Å². The van der Waals surface area contributed by atoms with Crippen molar-refractivity contribution in [3.05, 3.63) is 0 Å². The normalized spacial score (nSPS) is 35.8. The number of hydrogen-bond donors (Lipinski definition) is 1. The summed E-state index contributed by atoms with van der Waals surface area (Å²) < 4.78 is 0. The molecular formula is C14H25ClN2O. The number of likely N-dealkylation sites (tertiary alicyclic amines) is 1. The van der Waals surface area contributed by atoms with Crippen molar-refractivity contribution >= 4 is 18.3 Å². The highest BCUT2D eigenvalue weighted by molar-refractivity contribution is 5.85. The summed E-state index contributed by atoms with van der Waals surface area (Å²) in [5, 5.41) is 3.39. The van der Waals surface area contributed by atoms with E-state index < -0.39 is 0 Å². The van der Waals surface area contributed by atoms with Crippen LogP contribution in [0.4, 0.5) is 0 Å². The first-order valence-electron chi connectivity index (χ1n) is 7.37. The maximum Gasteiger partial charge on any atom is 0.239 e. The SMILES string of the molecule is Cl.O=C([C@@H]1CCCCN1)N1CC2CCCCC2C1. The molecule has 104 valence electrons. The monoisotopic (exact) mass is 272 g/mol. The van der Waals surface area contributed by atoms with Gasteiger partial charge in [0, 0.05) is 13.1 Å². The molecule has 3 aliphatic rings. The second-order valence-corrected chi connectivity index (χ2v) is 6.05. The van der Waals surface area contributed by atoms with Gasteiger partial charge in [-0.3, -0.25) is 4.79 Å². The van der Waals surface area contributed by atoms with Crippen LogP contribution >= 0.6 is 12.4 Å². The maximum atomic E-state index is 12.4. The summed E-state index contributed by atoms with van der Waals surface area (Å²) in [6, 6.07) is 0.129. The summed E-state index contributed by atoms with van der Waals surface area (Å²) in [7, 11) is 0. The van der Waals surface area contributed by atoms with E-state index in [1.807, 2.05) is 0 Å². The number of rotatable bonds is 1. The molecule has 0 bridgehead atoms. The summed E-state index contributed by atoms with van der Waals surface area (Å²) in [6.45, 7) is 3.11. The van der Waals surface area contributed by atoms with Gasteiger partial charge in [-0.05, 0) is 44.1 Å². The molecule has 1 saturated carbocycles. The predicted octanol–water partition coefficient (Wildman–Crippen LogP) is 2.20. The van der Waals surface area contributed by atoms with Gasteiger partial charge in [0.05, 0.1) is 6.04 Å². The Kier molecular flexibility index (Phi) is 4.91. The lowest BCUT2D eigenvalue weighted by molar-refractivity contribution is -0.133. The van der Waals surface area contributed by atoms with Crippen molar-refractivity contribution in [2.75, 3.05) is 19.6 Å². The molecule has 2 heterocycles. The molecule has 18 heavy (non-hydrogen) atoms. The minimum atomic E-state index is 0. The van der Waals surface area contributed by atoms with Crippen molar-refractivity contribution in [1.29, 1.82) is 0 Å². The van der Waals surface area contributed by atoms with Crippen molar-refractivity contribution < 1.29 is 4.79 Å². The summed E-state index contributed by atoms with van der Waals surface area (Å²) in [4.78, 5) is 14.6. The number of hydrogen-bond acceptors (Lipinski definition) is 2. The Morgan fingerprint density at radius 1 is 0.944 bits per heavy atom. The van der Waals surface area contributed by atoms with Gasteiger partial charge in [0.1, 0.15) is 0 Å². The van der Waals surface area contributed by atoms with Gasteiger partial charge in [0.2, 0.25) is 5.91 Å². The number of amides is 1. The molecule has 2 unspecified atom stereocenters. The highest BCUT2D eigenvalue weighted by atomic mass is 35.5. The van der Waals surface area contributed by atoms with E-state index in [2.05, 4.69) is 10.2 Å². The third-order valence-electron chi connectivity index (χ3n) is 4.90. The minimum absolute atomic E-state index is 0. The van der Waals surface area contributed by atoms with Gasteiger partial charge < -0.3 is 10.2 Å². The van der Waals surface area contributed by atoms with Crippen LogP contribution in [0.25, 0.3) is 0 Å². The second kappa shape index (κ2) is 6.25. The van der Waals surface area contributed by atoms with Crippen LogP contribution in [0.3, 0.4) is 0 Å². The smallest absolute Gasteiger partial charge is 0.239 e. The van der Waals surface area contributed by atoms with Crippen LogP contribution in [0.5, 0.6) is 0 Å². The zero-order valence-corrected chi connectivity index (χ0v) is 11.9. The third-order valence-corrected chi connectivity index (χ3v) is 4.90. The molecule has 0 aromatic heterocycles. The van der Waals surface area contributed by atoms with E-state index in [1.165, 1.54) is 38.5 Å². The number of carbonyl (C=O) groups is 1. The number of piperidine rings is 1. The average molecular weight is 273 g/mol. The van der Waals surface area contributed by atoms with Gasteiger partial charge in [-0.1, -0.05) is 19.3 Å². The Morgan fingerprint density at radius 2 is 1.56 bits per heavy atom. The van der Waals surface area contributed by atoms with E-state index in [4.69, 9.17) is 0 Å². The maximum absolute atomic E-state index is 12.4. The van der Waals surface area contributed by atoms with Gasteiger partial charge in [0.15, 0.2) is 0 Å². The molecule has 4 heteroatoms. The fraction of sp³-hybridized carbons (Fsp3) is 0.929. The number of nitrogens with one attached hydrogen (secondary N) is 1. The van der Waals surface area contributed by atoms with E-state index >= 15 is 0 Å². The van der Waals surface area contributed by atoms with Crippen LogP contribution in [0.15, 0.2) is 0 Å². The topological polar surface area (TPSA) is 32.3 Å². The lowest BCUT2D eigenvalue weighted by Gasteiger charge is -2.27. The molecule has 3 atom stereocenters. The molecule has 3 rings (SSSR count). The van der Waals surface area contributed by atoms with Gasteiger partial charge >= 0.3 is 0 Å². The quantitative estimate of drug-likeness (QED) is 0.794. The summed E-state index contributed by atoms with van der Waals surface area (Å²) in [6.07, 6.45) is 8.96. The van der Waals surface area contributed by atoms with Crippen molar-refractivity contribution in [2.45, 2.75) is 51.0 Å². The van der Waals surface area contributed by atoms with Crippen LogP contribution in [-0.4, -0.2) is 36.5 Å². The Balaban J connectivity index is 0.00000120. The lowest BCUT2D eigenvalue weighted by atomic mass is 9.82. The van der Waals surface area contributed by atoms with Crippen LogP contribution < -0.4 is 5.32 Å². The molecule has 2 saturated heterocycles. The van der Waals surface area contributed by atoms with Crippen molar-refractivity contribution in [1.82, 2.24) is 10.2 Å². The molecule has 0 aromatic rings. The number of fused-ring (bicyclic) bond motifs is 1. The lowest BCUT2D eigenvalue weighted by Crippen LogP contribution is -2.47. The van der Waals surface area contributed by atoms with E-state index in [9.17, 15) is 4.79 Å². The Labute approximate surface area is 116 Å². The highest BCUT2D eigenvalue weighted by Crippen LogP contribution is 2.36. The summed E-state index contributed by atoms with van der Waals surface area (Å²) in [5.74, 6) is 2.02. The number of carbonyl (C=O) groups excluding carboxylic acids is 1. The van der Waals surface area contributed by atoms with Gasteiger partial charge in [-0.2, -0.15) is 0 Å². The molecule has 1 amide bonds. The summed E-state index contributed by atoms with van der Waals surface area (Å²) in [5.41, 5.74) is 0. The minimum Gasteiger partial charge on any atom is -0.341 e. The molecular weight excluding hydrogens is 248 g/mol. The van der Waals surface area contributed by atoms with Crippen molar-refractivity contribution in [2.24, 2.45) is 11.8 Å². The number of nitrogens with zero attached hydrogens (tertiary/aromatic N) is 1.